The largest absolute Gasteiger partial charge is 0.232 e. The summed E-state index contributed by atoms with van der Waals surface area (Å²) in [5.74, 6) is 0. The number of rotatable bonds is 1. The Kier molecular flexibility index (Phi) is 3.21. The first-order valence-electron chi connectivity index (χ1n) is 4.16. The number of hydrogen-bond donors (Lipinski definition) is 0. The summed E-state index contributed by atoms with van der Waals surface area (Å²) in [7, 11) is 0. The molecule has 0 saturated carbocycles. The highest BCUT2D eigenvalue weighted by Gasteiger charge is 2.11. The minimum absolute atomic E-state index is 0.280. The minimum atomic E-state index is 0.280. The molecular formula is C10H6Cl3NS. The number of halogens is 3. The molecule has 0 aliphatic heterocycles. The lowest BCUT2D eigenvalue weighted by molar-refractivity contribution is 1.34. The van der Waals surface area contributed by atoms with Crippen molar-refractivity contribution in [1.29, 1.82) is 0 Å². The SMILES string of the molecule is Cc1ccc(-c2nc(Cl)c(Cl)cc2Cl)s1. The van der Waals surface area contributed by atoms with Gasteiger partial charge in [0.1, 0.15) is 10.8 Å². The summed E-state index contributed by atoms with van der Waals surface area (Å²) >= 11 is 19.3. The van der Waals surface area contributed by atoms with Gasteiger partial charge in [0.25, 0.3) is 0 Å². The molecule has 2 aromatic rings. The van der Waals surface area contributed by atoms with Crippen molar-refractivity contribution in [2.75, 3.05) is 0 Å². The van der Waals surface area contributed by atoms with Gasteiger partial charge in [-0.3, -0.25) is 0 Å². The van der Waals surface area contributed by atoms with Gasteiger partial charge in [-0.15, -0.1) is 11.3 Å². The summed E-state index contributed by atoms with van der Waals surface area (Å²) in [6.07, 6.45) is 0. The van der Waals surface area contributed by atoms with Crippen LogP contribution in [0, 0.1) is 6.92 Å². The molecule has 78 valence electrons. The van der Waals surface area contributed by atoms with Crippen LogP contribution in [0.4, 0.5) is 0 Å². The van der Waals surface area contributed by atoms with Gasteiger partial charge in [0.15, 0.2) is 0 Å². The fourth-order valence-corrected chi connectivity index (χ4v) is 2.71. The van der Waals surface area contributed by atoms with E-state index in [4.69, 9.17) is 34.8 Å². The number of aromatic nitrogens is 1. The first-order chi connectivity index (χ1) is 7.08. The van der Waals surface area contributed by atoms with Crippen LogP contribution in [0.5, 0.6) is 0 Å². The van der Waals surface area contributed by atoms with E-state index in [1.54, 1.807) is 17.4 Å². The zero-order chi connectivity index (χ0) is 11.0. The van der Waals surface area contributed by atoms with Crippen LogP contribution in [0.15, 0.2) is 18.2 Å². The molecule has 0 spiro atoms. The van der Waals surface area contributed by atoms with Crippen molar-refractivity contribution in [1.82, 2.24) is 4.98 Å². The van der Waals surface area contributed by atoms with Crippen LogP contribution >= 0.6 is 46.1 Å². The van der Waals surface area contributed by atoms with Crippen LogP contribution in [-0.2, 0) is 0 Å². The van der Waals surface area contributed by atoms with E-state index in [2.05, 4.69) is 4.98 Å². The molecule has 1 nitrogen and oxygen atoms in total. The summed E-state index contributed by atoms with van der Waals surface area (Å²) in [5, 5.41) is 1.17. The molecule has 0 amide bonds. The van der Waals surface area contributed by atoms with Crippen molar-refractivity contribution in [3.63, 3.8) is 0 Å². The van der Waals surface area contributed by atoms with Crippen molar-refractivity contribution in [2.24, 2.45) is 0 Å². The second-order valence-corrected chi connectivity index (χ2v) is 5.46. The highest BCUT2D eigenvalue weighted by molar-refractivity contribution is 7.15. The topological polar surface area (TPSA) is 12.9 Å². The molecule has 0 radical (unpaired) electrons. The average molecular weight is 279 g/mol. The summed E-state index contributed by atoms with van der Waals surface area (Å²) in [4.78, 5) is 6.37. The zero-order valence-corrected chi connectivity index (χ0v) is 10.8. The van der Waals surface area contributed by atoms with E-state index in [1.165, 1.54) is 4.88 Å². The molecule has 0 aromatic carbocycles. The fourth-order valence-electron chi connectivity index (χ4n) is 1.18. The third-order valence-electron chi connectivity index (χ3n) is 1.86. The van der Waals surface area contributed by atoms with Crippen molar-refractivity contribution < 1.29 is 0 Å². The molecule has 0 aliphatic carbocycles. The van der Waals surface area contributed by atoms with Gasteiger partial charge >= 0.3 is 0 Å². The Labute approximate surface area is 107 Å². The maximum atomic E-state index is 6.05. The normalized spacial score (nSPS) is 10.7. The Balaban J connectivity index is 2.58. The van der Waals surface area contributed by atoms with E-state index >= 15 is 0 Å². The first-order valence-corrected chi connectivity index (χ1v) is 6.11. The first kappa shape index (κ1) is 11.2. The number of nitrogens with zero attached hydrogens (tertiary/aromatic N) is 1. The molecule has 0 aliphatic rings. The number of thiophene rings is 1. The van der Waals surface area contributed by atoms with Crippen molar-refractivity contribution in [3.05, 3.63) is 38.3 Å². The summed E-state index contributed by atoms with van der Waals surface area (Å²) < 4.78 is 0. The van der Waals surface area contributed by atoms with E-state index in [0.717, 1.165) is 4.88 Å². The predicted octanol–water partition coefficient (Wildman–Crippen LogP) is 5.08. The Hall–Kier alpha value is -0.280. The van der Waals surface area contributed by atoms with Crippen LogP contribution in [0.3, 0.4) is 0 Å². The molecule has 2 heterocycles. The van der Waals surface area contributed by atoms with E-state index in [9.17, 15) is 0 Å². The Morgan fingerprint density at radius 2 is 1.87 bits per heavy atom. The van der Waals surface area contributed by atoms with E-state index < -0.39 is 0 Å². The Bertz CT molecular complexity index is 507. The van der Waals surface area contributed by atoms with Crippen molar-refractivity contribution in [3.8, 4) is 10.6 Å². The molecule has 0 fully saturated rings. The number of aryl methyl sites for hydroxylation is 1. The summed E-state index contributed by atoms with van der Waals surface area (Å²) in [5.41, 5.74) is 0.684. The van der Waals surface area contributed by atoms with Gasteiger partial charge in [-0.2, -0.15) is 0 Å². The highest BCUT2D eigenvalue weighted by atomic mass is 35.5. The van der Waals surface area contributed by atoms with Gasteiger partial charge in [-0.1, -0.05) is 34.8 Å². The van der Waals surface area contributed by atoms with Crippen molar-refractivity contribution >= 4 is 46.1 Å². The molecular weight excluding hydrogens is 273 g/mol. The van der Waals surface area contributed by atoms with Gasteiger partial charge in [-0.05, 0) is 25.1 Å². The number of hydrogen-bond acceptors (Lipinski definition) is 2. The van der Waals surface area contributed by atoms with Crippen molar-refractivity contribution in [2.45, 2.75) is 6.92 Å². The van der Waals surface area contributed by atoms with Crippen LogP contribution < -0.4 is 0 Å². The molecule has 0 saturated heterocycles. The molecule has 0 atom stereocenters. The van der Waals surface area contributed by atoms with Crippen LogP contribution in [0.1, 0.15) is 4.88 Å². The third kappa shape index (κ3) is 2.28. The predicted molar refractivity (Wildman–Crippen MR) is 67.3 cm³/mol. The lowest BCUT2D eigenvalue weighted by Gasteiger charge is -2.02. The zero-order valence-electron chi connectivity index (χ0n) is 7.72. The molecule has 2 rings (SSSR count). The minimum Gasteiger partial charge on any atom is -0.232 e. The molecule has 0 unspecified atom stereocenters. The second kappa shape index (κ2) is 4.30. The van der Waals surface area contributed by atoms with Gasteiger partial charge in [0.2, 0.25) is 0 Å². The number of pyridine rings is 1. The third-order valence-corrected chi connectivity index (χ3v) is 3.83. The maximum Gasteiger partial charge on any atom is 0.148 e. The average Bonchev–Trinajstić information content (AvgIpc) is 2.58. The Morgan fingerprint density at radius 1 is 1.13 bits per heavy atom. The lowest BCUT2D eigenvalue weighted by atomic mass is 10.3. The van der Waals surface area contributed by atoms with E-state index in [0.29, 0.717) is 15.7 Å². The monoisotopic (exact) mass is 277 g/mol. The van der Waals surface area contributed by atoms with Gasteiger partial charge in [0, 0.05) is 4.88 Å². The second-order valence-electron chi connectivity index (χ2n) is 3.00. The van der Waals surface area contributed by atoms with Crippen LogP contribution in [0.2, 0.25) is 15.2 Å². The standard InChI is InChI=1S/C10H6Cl3NS/c1-5-2-3-8(15-5)9-6(11)4-7(12)10(13)14-9/h2-4H,1H3. The van der Waals surface area contributed by atoms with Crippen LogP contribution in [0.25, 0.3) is 10.6 Å². The maximum absolute atomic E-state index is 6.05. The smallest absolute Gasteiger partial charge is 0.148 e. The quantitative estimate of drug-likeness (QED) is 0.663. The fraction of sp³-hybridized carbons (Fsp3) is 0.100. The van der Waals surface area contributed by atoms with E-state index in [1.807, 2.05) is 19.1 Å². The van der Waals surface area contributed by atoms with Gasteiger partial charge in [0.05, 0.1) is 14.9 Å². The van der Waals surface area contributed by atoms with E-state index in [-0.39, 0.29) is 5.15 Å². The van der Waals surface area contributed by atoms with Gasteiger partial charge in [-0.25, -0.2) is 4.98 Å². The van der Waals surface area contributed by atoms with Crippen LogP contribution in [-0.4, -0.2) is 4.98 Å². The molecule has 2 aromatic heterocycles. The van der Waals surface area contributed by atoms with Gasteiger partial charge < -0.3 is 0 Å². The Morgan fingerprint density at radius 3 is 2.47 bits per heavy atom. The molecule has 0 bridgehead atoms. The molecule has 5 heteroatoms. The lowest BCUT2D eigenvalue weighted by Crippen LogP contribution is -1.84. The summed E-state index contributed by atoms with van der Waals surface area (Å²) in [6.45, 7) is 2.03. The summed E-state index contributed by atoms with van der Waals surface area (Å²) in [6, 6.07) is 5.60. The highest BCUT2D eigenvalue weighted by Crippen LogP contribution is 2.35. The molecule has 15 heavy (non-hydrogen) atoms. The molecule has 0 N–H and O–H groups in total.